The van der Waals surface area contributed by atoms with Crippen molar-refractivity contribution >= 4 is 30.8 Å². The molecule has 0 bridgehead atoms. The zero-order valence-corrected chi connectivity index (χ0v) is 9.48. The summed E-state index contributed by atoms with van der Waals surface area (Å²) in [6, 6.07) is 4.86. The molecular weight excluding hydrogens is 246 g/mol. The minimum Gasteiger partial charge on any atom is -0.412 e. The van der Waals surface area contributed by atoms with E-state index in [9.17, 15) is 4.57 Å². The molecular formula is C8H7Cl2O3P. The van der Waals surface area contributed by atoms with E-state index < -0.39 is 7.60 Å². The van der Waals surface area contributed by atoms with Gasteiger partial charge in [0.05, 0.1) is 6.16 Å². The van der Waals surface area contributed by atoms with E-state index in [-0.39, 0.29) is 12.0 Å². The van der Waals surface area contributed by atoms with Crippen molar-refractivity contribution in [2.24, 2.45) is 0 Å². The van der Waals surface area contributed by atoms with Crippen LogP contribution in [0.1, 0.15) is 0 Å². The van der Waals surface area contributed by atoms with E-state index in [1.54, 1.807) is 18.2 Å². The predicted molar refractivity (Wildman–Crippen MR) is 55.9 cm³/mol. The Bertz CT molecular complexity index is 408. The summed E-state index contributed by atoms with van der Waals surface area (Å²) in [5, 5.41) is 0.520. The molecule has 76 valence electrons. The van der Waals surface area contributed by atoms with Crippen molar-refractivity contribution in [2.45, 2.75) is 0 Å². The van der Waals surface area contributed by atoms with Crippen LogP contribution < -0.4 is 9.05 Å². The van der Waals surface area contributed by atoms with Crippen LogP contribution in [0.3, 0.4) is 0 Å². The predicted octanol–water partition coefficient (Wildman–Crippen LogP) is 3.54. The SMILES string of the molecule is O=P1(CCCl)Oc2ccc(Cl)cc2O1. The Hall–Kier alpha value is -0.370. The van der Waals surface area contributed by atoms with Gasteiger partial charge in [0.25, 0.3) is 0 Å². The largest absolute Gasteiger partial charge is 0.432 e. The molecule has 14 heavy (non-hydrogen) atoms. The van der Waals surface area contributed by atoms with Gasteiger partial charge >= 0.3 is 7.60 Å². The molecule has 0 aromatic heterocycles. The van der Waals surface area contributed by atoms with Crippen molar-refractivity contribution < 1.29 is 13.6 Å². The first-order valence-electron chi connectivity index (χ1n) is 3.97. The molecule has 0 saturated carbocycles. The maximum atomic E-state index is 11.8. The van der Waals surface area contributed by atoms with Gasteiger partial charge in [0, 0.05) is 17.0 Å². The van der Waals surface area contributed by atoms with Crippen molar-refractivity contribution in [1.82, 2.24) is 0 Å². The van der Waals surface area contributed by atoms with Gasteiger partial charge in [-0.1, -0.05) is 11.6 Å². The molecule has 6 heteroatoms. The van der Waals surface area contributed by atoms with Gasteiger partial charge in [-0.05, 0) is 12.1 Å². The van der Waals surface area contributed by atoms with Gasteiger partial charge < -0.3 is 9.05 Å². The minimum absolute atomic E-state index is 0.195. The molecule has 0 aliphatic carbocycles. The monoisotopic (exact) mass is 252 g/mol. The van der Waals surface area contributed by atoms with E-state index in [0.29, 0.717) is 16.5 Å². The molecule has 0 saturated heterocycles. The molecule has 1 unspecified atom stereocenters. The minimum atomic E-state index is -3.06. The summed E-state index contributed by atoms with van der Waals surface area (Å²) in [6.07, 6.45) is 0.195. The molecule has 0 N–H and O–H groups in total. The van der Waals surface area contributed by atoms with Crippen LogP contribution >= 0.6 is 30.8 Å². The highest BCUT2D eigenvalue weighted by Gasteiger charge is 2.35. The van der Waals surface area contributed by atoms with Crippen molar-refractivity contribution in [3.05, 3.63) is 23.2 Å². The molecule has 1 atom stereocenters. The Kier molecular flexibility index (Phi) is 2.65. The van der Waals surface area contributed by atoms with Gasteiger partial charge in [0.15, 0.2) is 11.5 Å². The molecule has 1 heterocycles. The molecule has 0 fully saturated rings. The molecule has 1 aliphatic heterocycles. The van der Waals surface area contributed by atoms with E-state index >= 15 is 0 Å². The van der Waals surface area contributed by atoms with Gasteiger partial charge in [-0.2, -0.15) is 0 Å². The summed E-state index contributed by atoms with van der Waals surface area (Å²) in [4.78, 5) is 0. The van der Waals surface area contributed by atoms with Gasteiger partial charge in [-0.25, -0.2) is 4.57 Å². The smallest absolute Gasteiger partial charge is 0.412 e. The number of alkyl halides is 1. The zero-order chi connectivity index (χ0) is 10.2. The molecule has 0 radical (unpaired) electrons. The number of fused-ring (bicyclic) bond motifs is 1. The lowest BCUT2D eigenvalue weighted by Crippen LogP contribution is -1.98. The van der Waals surface area contributed by atoms with Crippen molar-refractivity contribution in [1.29, 1.82) is 0 Å². The van der Waals surface area contributed by atoms with Crippen LogP contribution in [0.5, 0.6) is 11.5 Å². The zero-order valence-electron chi connectivity index (χ0n) is 7.07. The van der Waals surface area contributed by atoms with Crippen molar-refractivity contribution in [3.63, 3.8) is 0 Å². The molecule has 0 spiro atoms. The second-order valence-corrected chi connectivity index (χ2v) is 5.65. The number of hydrogen-bond acceptors (Lipinski definition) is 3. The second-order valence-electron chi connectivity index (χ2n) is 2.80. The average Bonchev–Trinajstić information content (AvgIpc) is 2.40. The van der Waals surface area contributed by atoms with Crippen LogP contribution in [0.15, 0.2) is 18.2 Å². The van der Waals surface area contributed by atoms with E-state index in [0.717, 1.165) is 0 Å². The van der Waals surface area contributed by atoms with Crippen LogP contribution in [0.4, 0.5) is 0 Å². The first-order valence-corrected chi connectivity index (χ1v) is 6.61. The summed E-state index contributed by atoms with van der Waals surface area (Å²) in [5.74, 6) is 1.12. The Morgan fingerprint density at radius 3 is 2.71 bits per heavy atom. The second kappa shape index (κ2) is 3.65. The first kappa shape index (κ1) is 10.2. The summed E-state index contributed by atoms with van der Waals surface area (Å²) >= 11 is 11.2. The van der Waals surface area contributed by atoms with Gasteiger partial charge in [0.2, 0.25) is 0 Å². The molecule has 3 nitrogen and oxygen atoms in total. The average molecular weight is 253 g/mol. The van der Waals surface area contributed by atoms with E-state index in [1.807, 2.05) is 0 Å². The standard InChI is InChI=1S/C8H7Cl2O3P/c9-3-4-14(11)12-7-2-1-6(10)5-8(7)13-14/h1-2,5H,3-4H2. The van der Waals surface area contributed by atoms with Crippen LogP contribution in [0, 0.1) is 0 Å². The number of benzene rings is 1. The third-order valence-electron chi connectivity index (χ3n) is 1.74. The van der Waals surface area contributed by atoms with Gasteiger partial charge in [0.1, 0.15) is 0 Å². The van der Waals surface area contributed by atoms with E-state index in [2.05, 4.69) is 0 Å². The first-order chi connectivity index (χ1) is 6.63. The van der Waals surface area contributed by atoms with Crippen molar-refractivity contribution in [3.8, 4) is 11.5 Å². The molecule has 1 aromatic carbocycles. The fraction of sp³-hybridized carbons (Fsp3) is 0.250. The Balaban J connectivity index is 2.30. The van der Waals surface area contributed by atoms with Crippen LogP contribution in [-0.4, -0.2) is 12.0 Å². The van der Waals surface area contributed by atoms with Crippen LogP contribution in [-0.2, 0) is 4.57 Å². The maximum absolute atomic E-state index is 11.8. The summed E-state index contributed by atoms with van der Waals surface area (Å²) in [6.45, 7) is 0. The van der Waals surface area contributed by atoms with Crippen LogP contribution in [0.25, 0.3) is 0 Å². The quantitative estimate of drug-likeness (QED) is 0.597. The highest BCUT2D eigenvalue weighted by atomic mass is 35.5. The fourth-order valence-electron chi connectivity index (χ4n) is 1.14. The molecule has 0 amide bonds. The number of halogens is 2. The summed E-state index contributed by atoms with van der Waals surface area (Å²) in [5.41, 5.74) is 0. The maximum Gasteiger partial charge on any atom is 0.432 e. The molecule has 1 aromatic rings. The topological polar surface area (TPSA) is 35.5 Å². The highest BCUT2D eigenvalue weighted by Crippen LogP contribution is 2.58. The lowest BCUT2D eigenvalue weighted by Gasteiger charge is -2.06. The van der Waals surface area contributed by atoms with E-state index in [1.165, 1.54) is 0 Å². The lowest BCUT2D eigenvalue weighted by atomic mass is 10.3. The third-order valence-corrected chi connectivity index (χ3v) is 4.15. The summed E-state index contributed by atoms with van der Waals surface area (Å²) in [7, 11) is -3.06. The highest BCUT2D eigenvalue weighted by molar-refractivity contribution is 7.55. The summed E-state index contributed by atoms with van der Waals surface area (Å²) < 4.78 is 22.2. The lowest BCUT2D eigenvalue weighted by molar-refractivity contribution is 0.433. The Morgan fingerprint density at radius 1 is 1.29 bits per heavy atom. The van der Waals surface area contributed by atoms with E-state index in [4.69, 9.17) is 32.2 Å². The number of hydrogen-bond donors (Lipinski definition) is 0. The van der Waals surface area contributed by atoms with Crippen LogP contribution in [0.2, 0.25) is 5.02 Å². The molecule has 1 aliphatic rings. The Labute approximate surface area is 91.5 Å². The fourth-order valence-corrected chi connectivity index (χ4v) is 3.24. The Morgan fingerprint density at radius 2 is 2.00 bits per heavy atom. The molecule has 2 rings (SSSR count). The third kappa shape index (κ3) is 1.85. The van der Waals surface area contributed by atoms with Gasteiger partial charge in [-0.15, -0.1) is 11.6 Å². The number of rotatable bonds is 2. The normalized spacial score (nSPS) is 23.9. The van der Waals surface area contributed by atoms with Crippen molar-refractivity contribution in [2.75, 3.05) is 12.0 Å². The van der Waals surface area contributed by atoms with Gasteiger partial charge in [-0.3, -0.25) is 0 Å².